The fraction of sp³-hybridized carbons (Fsp3) is 0.462. The Labute approximate surface area is 129 Å². The lowest BCUT2D eigenvalue weighted by Crippen LogP contribution is -2.39. The van der Waals surface area contributed by atoms with Crippen LogP contribution in [0.25, 0.3) is 0 Å². The number of benzene rings is 1. The number of halogens is 5. The molecule has 1 aromatic carbocycles. The van der Waals surface area contributed by atoms with Crippen LogP contribution in [0.5, 0.6) is 0 Å². The summed E-state index contributed by atoms with van der Waals surface area (Å²) in [5.41, 5.74) is 0.176. The molecule has 0 spiro atoms. The number of amides is 1. The fourth-order valence-corrected chi connectivity index (χ4v) is 2.50. The van der Waals surface area contributed by atoms with Crippen LogP contribution in [0.1, 0.15) is 30.1 Å². The molecule has 0 atom stereocenters. The molecule has 0 aliphatic rings. The predicted molar refractivity (Wildman–Crippen MR) is 76.0 cm³/mol. The first-order chi connectivity index (χ1) is 9.24. The highest BCUT2D eigenvalue weighted by atomic mass is 79.9. The van der Waals surface area contributed by atoms with Gasteiger partial charge in [-0.2, -0.15) is 13.2 Å². The first-order valence-electron chi connectivity index (χ1n) is 6.05. The normalized spacial score (nSPS) is 11.5. The minimum absolute atomic E-state index is 0.0733. The molecule has 0 N–H and O–H groups in total. The largest absolute Gasteiger partial charge is 0.406 e. The van der Waals surface area contributed by atoms with Gasteiger partial charge in [-0.25, -0.2) is 0 Å². The van der Waals surface area contributed by atoms with Crippen molar-refractivity contribution in [3.8, 4) is 0 Å². The minimum Gasteiger partial charge on any atom is -0.330 e. The van der Waals surface area contributed by atoms with Gasteiger partial charge in [0.25, 0.3) is 5.91 Å². The molecule has 1 amide bonds. The van der Waals surface area contributed by atoms with Gasteiger partial charge in [-0.1, -0.05) is 24.9 Å². The molecule has 0 radical (unpaired) electrons. The summed E-state index contributed by atoms with van der Waals surface area (Å²) in [7, 11) is 0. The Morgan fingerprint density at radius 2 is 2.05 bits per heavy atom. The van der Waals surface area contributed by atoms with Gasteiger partial charge in [0.05, 0.1) is 5.56 Å². The Hall–Kier alpha value is -0.750. The number of rotatable bonds is 5. The molecule has 0 aliphatic heterocycles. The standard InChI is InChI=1S/C13H14BrClF3NO/c1-2-3-6-19(8-13(16,17)18)12(20)10-5-4-9(15)7-11(10)14/h4-5,7H,2-3,6,8H2,1H3. The Morgan fingerprint density at radius 3 is 2.55 bits per heavy atom. The Morgan fingerprint density at radius 1 is 1.40 bits per heavy atom. The lowest BCUT2D eigenvalue weighted by molar-refractivity contribution is -0.140. The van der Waals surface area contributed by atoms with Crippen LogP contribution in [-0.4, -0.2) is 30.1 Å². The molecule has 20 heavy (non-hydrogen) atoms. The SMILES string of the molecule is CCCCN(CC(F)(F)F)C(=O)c1ccc(Cl)cc1Br. The van der Waals surface area contributed by atoms with E-state index >= 15 is 0 Å². The lowest BCUT2D eigenvalue weighted by Gasteiger charge is -2.24. The molecular formula is C13H14BrClF3NO. The van der Waals surface area contributed by atoms with Gasteiger partial charge >= 0.3 is 6.18 Å². The number of carbonyl (C=O) groups excluding carboxylic acids is 1. The van der Waals surface area contributed by atoms with Gasteiger partial charge in [-0.15, -0.1) is 0 Å². The van der Waals surface area contributed by atoms with E-state index in [0.29, 0.717) is 22.3 Å². The first-order valence-corrected chi connectivity index (χ1v) is 7.22. The average molecular weight is 373 g/mol. The van der Waals surface area contributed by atoms with E-state index in [2.05, 4.69) is 15.9 Å². The number of carbonyl (C=O) groups is 1. The number of nitrogens with zero attached hydrogens (tertiary/aromatic N) is 1. The van der Waals surface area contributed by atoms with Crippen LogP contribution in [0.2, 0.25) is 5.02 Å². The Balaban J connectivity index is 2.96. The third-order valence-corrected chi connectivity index (χ3v) is 3.49. The number of alkyl halides is 3. The molecule has 0 aliphatic carbocycles. The topological polar surface area (TPSA) is 20.3 Å². The fourth-order valence-electron chi connectivity index (χ4n) is 1.65. The van der Waals surface area contributed by atoms with E-state index in [-0.39, 0.29) is 12.1 Å². The minimum atomic E-state index is -4.41. The highest BCUT2D eigenvalue weighted by Gasteiger charge is 2.33. The van der Waals surface area contributed by atoms with Gasteiger partial charge in [-0.05, 0) is 40.5 Å². The maximum Gasteiger partial charge on any atom is 0.406 e. The summed E-state index contributed by atoms with van der Waals surface area (Å²) in [6.45, 7) is 0.680. The Bertz CT molecular complexity index is 479. The van der Waals surface area contributed by atoms with Gasteiger partial charge in [0.15, 0.2) is 0 Å². The zero-order valence-corrected chi connectivity index (χ0v) is 13.1. The van der Waals surface area contributed by atoms with Gasteiger partial charge in [-0.3, -0.25) is 4.79 Å². The molecule has 0 aromatic heterocycles. The molecule has 2 nitrogen and oxygen atoms in total. The smallest absolute Gasteiger partial charge is 0.330 e. The molecule has 0 unspecified atom stereocenters. The van der Waals surface area contributed by atoms with E-state index in [1.165, 1.54) is 18.2 Å². The van der Waals surface area contributed by atoms with Crippen LogP contribution >= 0.6 is 27.5 Å². The summed E-state index contributed by atoms with van der Waals surface area (Å²) in [6, 6.07) is 4.38. The molecule has 112 valence electrons. The van der Waals surface area contributed by atoms with Gasteiger partial charge < -0.3 is 4.90 Å². The van der Waals surface area contributed by atoms with Crippen molar-refractivity contribution in [2.75, 3.05) is 13.1 Å². The molecule has 1 aromatic rings. The van der Waals surface area contributed by atoms with Crippen molar-refractivity contribution in [1.82, 2.24) is 4.90 Å². The van der Waals surface area contributed by atoms with Crippen molar-refractivity contribution in [1.29, 1.82) is 0 Å². The van der Waals surface area contributed by atoms with Crippen LogP contribution in [0.4, 0.5) is 13.2 Å². The van der Waals surface area contributed by atoms with Gasteiger partial charge in [0.2, 0.25) is 0 Å². The summed E-state index contributed by atoms with van der Waals surface area (Å²) in [6.07, 6.45) is -3.18. The zero-order chi connectivity index (χ0) is 15.3. The predicted octanol–water partition coefficient (Wildman–Crippen LogP) is 4.91. The maximum atomic E-state index is 12.5. The zero-order valence-electron chi connectivity index (χ0n) is 10.8. The number of unbranched alkanes of at least 4 members (excludes halogenated alkanes) is 1. The summed E-state index contributed by atoms with van der Waals surface area (Å²) >= 11 is 8.91. The molecule has 0 bridgehead atoms. The number of hydrogen-bond donors (Lipinski definition) is 0. The molecular weight excluding hydrogens is 358 g/mol. The molecule has 0 fully saturated rings. The van der Waals surface area contributed by atoms with Crippen LogP contribution in [0.3, 0.4) is 0 Å². The summed E-state index contributed by atoms with van der Waals surface area (Å²) in [5.74, 6) is -0.653. The van der Waals surface area contributed by atoms with Crippen LogP contribution in [0, 0.1) is 0 Å². The van der Waals surface area contributed by atoms with Crippen molar-refractivity contribution in [2.45, 2.75) is 25.9 Å². The summed E-state index contributed by atoms with van der Waals surface area (Å²) < 4.78 is 38.0. The van der Waals surface area contributed by atoms with Crippen molar-refractivity contribution in [3.63, 3.8) is 0 Å². The number of hydrogen-bond acceptors (Lipinski definition) is 1. The first kappa shape index (κ1) is 17.3. The van der Waals surface area contributed by atoms with Gasteiger partial charge in [0, 0.05) is 16.0 Å². The van der Waals surface area contributed by atoms with E-state index in [0.717, 1.165) is 4.90 Å². The van der Waals surface area contributed by atoms with Crippen LogP contribution in [0.15, 0.2) is 22.7 Å². The Kier molecular flexibility index (Phi) is 6.33. The van der Waals surface area contributed by atoms with Crippen molar-refractivity contribution in [3.05, 3.63) is 33.3 Å². The monoisotopic (exact) mass is 371 g/mol. The third-order valence-electron chi connectivity index (χ3n) is 2.60. The molecule has 0 saturated carbocycles. The van der Waals surface area contributed by atoms with E-state index in [1.54, 1.807) is 0 Å². The summed E-state index contributed by atoms with van der Waals surface area (Å²) in [5, 5.41) is 0.407. The van der Waals surface area contributed by atoms with E-state index in [1.807, 2.05) is 6.92 Å². The average Bonchev–Trinajstić information content (AvgIpc) is 2.32. The van der Waals surface area contributed by atoms with Crippen molar-refractivity contribution >= 4 is 33.4 Å². The lowest BCUT2D eigenvalue weighted by atomic mass is 10.2. The third kappa shape index (κ3) is 5.32. The van der Waals surface area contributed by atoms with Crippen molar-refractivity contribution < 1.29 is 18.0 Å². The second-order valence-electron chi connectivity index (χ2n) is 4.32. The van der Waals surface area contributed by atoms with Crippen LogP contribution < -0.4 is 0 Å². The second kappa shape index (κ2) is 7.31. The summed E-state index contributed by atoms with van der Waals surface area (Å²) in [4.78, 5) is 13.0. The quantitative estimate of drug-likeness (QED) is 0.719. The molecule has 1 rings (SSSR count). The van der Waals surface area contributed by atoms with E-state index < -0.39 is 18.6 Å². The highest BCUT2D eigenvalue weighted by molar-refractivity contribution is 9.10. The van der Waals surface area contributed by atoms with Crippen LogP contribution in [-0.2, 0) is 0 Å². The van der Waals surface area contributed by atoms with E-state index in [9.17, 15) is 18.0 Å². The van der Waals surface area contributed by atoms with E-state index in [4.69, 9.17) is 11.6 Å². The highest BCUT2D eigenvalue weighted by Crippen LogP contribution is 2.25. The molecule has 7 heteroatoms. The molecule has 0 heterocycles. The van der Waals surface area contributed by atoms with Crippen molar-refractivity contribution in [2.24, 2.45) is 0 Å². The second-order valence-corrected chi connectivity index (χ2v) is 5.61. The van der Waals surface area contributed by atoms with Gasteiger partial charge in [0.1, 0.15) is 6.54 Å². The molecule has 0 saturated heterocycles. The maximum absolute atomic E-state index is 12.5.